The van der Waals surface area contributed by atoms with E-state index in [1.807, 2.05) is 13.8 Å². The van der Waals surface area contributed by atoms with Gasteiger partial charge in [0, 0.05) is 7.05 Å². The van der Waals surface area contributed by atoms with Crippen LogP contribution in [-0.2, 0) is 21.4 Å². The van der Waals surface area contributed by atoms with Crippen LogP contribution in [0.2, 0.25) is 0 Å². The molecule has 2 unspecified atom stereocenters. The van der Waals surface area contributed by atoms with Gasteiger partial charge in [-0.15, -0.1) is 10.2 Å². The molecular weight excluding hydrogens is 371 g/mol. The summed E-state index contributed by atoms with van der Waals surface area (Å²) in [6.07, 6.45) is 0.725. The number of thioether (sulfide) groups is 1. The van der Waals surface area contributed by atoms with E-state index >= 15 is 0 Å². The summed E-state index contributed by atoms with van der Waals surface area (Å²) in [6, 6.07) is 5.60. The summed E-state index contributed by atoms with van der Waals surface area (Å²) in [5.74, 6) is -0.796. The molecule has 1 aromatic heterocycles. The maximum atomic E-state index is 13.9. The van der Waals surface area contributed by atoms with Crippen molar-refractivity contribution in [2.45, 2.75) is 31.5 Å². The first-order valence-electron chi connectivity index (χ1n) is 8.53. The quantitative estimate of drug-likeness (QED) is 0.547. The first kappa shape index (κ1) is 20.9. The predicted molar refractivity (Wildman–Crippen MR) is 101 cm³/mol. The molecule has 27 heavy (non-hydrogen) atoms. The van der Waals surface area contributed by atoms with Crippen molar-refractivity contribution in [3.05, 3.63) is 30.1 Å². The Morgan fingerprint density at radius 2 is 2.04 bits per heavy atom. The monoisotopic (exact) mass is 394 g/mol. The molecule has 1 amide bonds. The Balaban J connectivity index is 2.03. The molecule has 1 aromatic carbocycles. The van der Waals surface area contributed by atoms with Crippen LogP contribution in [0.1, 0.15) is 20.3 Å². The number of nitrogens with one attached hydrogen (secondary N) is 1. The van der Waals surface area contributed by atoms with Crippen LogP contribution < -0.4 is 5.32 Å². The zero-order chi connectivity index (χ0) is 20.0. The fourth-order valence-electron chi connectivity index (χ4n) is 2.46. The third-order valence-corrected chi connectivity index (χ3v) is 5.29. The van der Waals surface area contributed by atoms with Gasteiger partial charge in [-0.2, -0.15) is 0 Å². The third kappa shape index (κ3) is 5.06. The molecule has 2 aromatic rings. The topological polar surface area (TPSA) is 86.1 Å². The highest BCUT2D eigenvalue weighted by Gasteiger charge is 2.26. The summed E-state index contributed by atoms with van der Waals surface area (Å²) in [5, 5.41) is 11.2. The average molecular weight is 394 g/mol. The minimum atomic E-state index is -0.693. The number of rotatable bonds is 8. The van der Waals surface area contributed by atoms with Crippen LogP contribution in [0.15, 0.2) is 29.4 Å². The SMILES string of the molecule is CCC(C)C(NC(=O)CSc1nnc(-c2ccccc2F)n1C)C(=O)OC. The number of nitrogens with zero attached hydrogens (tertiary/aromatic N) is 3. The van der Waals surface area contributed by atoms with Crippen molar-refractivity contribution in [3.8, 4) is 11.4 Å². The van der Waals surface area contributed by atoms with Gasteiger partial charge < -0.3 is 14.6 Å². The number of hydrogen-bond donors (Lipinski definition) is 1. The van der Waals surface area contributed by atoms with Gasteiger partial charge in [0.25, 0.3) is 0 Å². The van der Waals surface area contributed by atoms with E-state index in [1.165, 1.54) is 13.2 Å². The smallest absolute Gasteiger partial charge is 0.328 e. The molecule has 0 aliphatic carbocycles. The predicted octanol–water partition coefficient (Wildman–Crippen LogP) is 2.42. The van der Waals surface area contributed by atoms with Crippen molar-refractivity contribution in [2.24, 2.45) is 13.0 Å². The Bertz CT molecular complexity index is 812. The molecule has 0 radical (unpaired) electrons. The minimum Gasteiger partial charge on any atom is -0.467 e. The van der Waals surface area contributed by atoms with Gasteiger partial charge in [0.2, 0.25) is 5.91 Å². The number of esters is 1. The number of carbonyl (C=O) groups excluding carboxylic acids is 2. The van der Waals surface area contributed by atoms with Crippen molar-refractivity contribution < 1.29 is 18.7 Å². The molecule has 0 saturated heterocycles. The number of hydrogen-bond acceptors (Lipinski definition) is 6. The van der Waals surface area contributed by atoms with Crippen LogP contribution in [-0.4, -0.2) is 45.5 Å². The van der Waals surface area contributed by atoms with E-state index in [4.69, 9.17) is 4.74 Å². The zero-order valence-corrected chi connectivity index (χ0v) is 16.5. The number of methoxy groups -OCH3 is 1. The third-order valence-electron chi connectivity index (χ3n) is 4.27. The largest absolute Gasteiger partial charge is 0.467 e. The standard InChI is InChI=1S/C18H23FN4O3S/c1-5-11(2)15(17(25)26-4)20-14(24)10-27-18-22-21-16(23(18)3)12-8-6-7-9-13(12)19/h6-9,11,15H,5,10H2,1-4H3,(H,20,24). The van der Waals surface area contributed by atoms with Crippen LogP contribution in [0, 0.1) is 11.7 Å². The Morgan fingerprint density at radius 1 is 1.33 bits per heavy atom. The lowest BCUT2D eigenvalue weighted by atomic mass is 9.99. The van der Waals surface area contributed by atoms with Gasteiger partial charge in [-0.3, -0.25) is 4.79 Å². The molecule has 0 spiro atoms. The fourth-order valence-corrected chi connectivity index (χ4v) is 3.18. The lowest BCUT2D eigenvalue weighted by Gasteiger charge is -2.21. The van der Waals surface area contributed by atoms with E-state index in [2.05, 4.69) is 15.5 Å². The highest BCUT2D eigenvalue weighted by atomic mass is 32.2. The van der Waals surface area contributed by atoms with Crippen molar-refractivity contribution in [1.82, 2.24) is 20.1 Å². The summed E-state index contributed by atoms with van der Waals surface area (Å²) in [7, 11) is 3.00. The molecule has 1 heterocycles. The maximum absolute atomic E-state index is 13.9. The van der Waals surface area contributed by atoms with Crippen molar-refractivity contribution in [3.63, 3.8) is 0 Å². The first-order valence-corrected chi connectivity index (χ1v) is 9.51. The first-order chi connectivity index (χ1) is 12.9. The minimum absolute atomic E-state index is 0.0473. The summed E-state index contributed by atoms with van der Waals surface area (Å²) in [4.78, 5) is 24.1. The molecule has 0 fully saturated rings. The second kappa shape index (κ2) is 9.50. The van der Waals surface area contributed by atoms with Gasteiger partial charge in [0.05, 0.1) is 18.4 Å². The van der Waals surface area contributed by atoms with E-state index < -0.39 is 17.8 Å². The van der Waals surface area contributed by atoms with Crippen molar-refractivity contribution in [2.75, 3.05) is 12.9 Å². The van der Waals surface area contributed by atoms with Gasteiger partial charge in [-0.05, 0) is 18.1 Å². The summed E-state index contributed by atoms with van der Waals surface area (Å²) < 4.78 is 20.3. The number of halogens is 1. The molecule has 146 valence electrons. The molecule has 0 aliphatic rings. The molecule has 2 atom stereocenters. The van der Waals surface area contributed by atoms with Crippen molar-refractivity contribution in [1.29, 1.82) is 0 Å². The second-order valence-electron chi connectivity index (χ2n) is 6.09. The molecule has 2 rings (SSSR count). The zero-order valence-electron chi connectivity index (χ0n) is 15.7. The van der Waals surface area contributed by atoms with E-state index in [-0.39, 0.29) is 17.6 Å². The number of benzene rings is 1. The van der Waals surface area contributed by atoms with Crippen LogP contribution in [0.3, 0.4) is 0 Å². The number of amides is 1. The number of aromatic nitrogens is 3. The second-order valence-corrected chi connectivity index (χ2v) is 7.03. The molecule has 0 bridgehead atoms. The molecule has 0 saturated carbocycles. The Kier molecular flexibility index (Phi) is 7.35. The van der Waals surface area contributed by atoms with Crippen LogP contribution in [0.5, 0.6) is 0 Å². The Morgan fingerprint density at radius 3 is 2.67 bits per heavy atom. The van der Waals surface area contributed by atoms with Crippen LogP contribution in [0.25, 0.3) is 11.4 Å². The molecular formula is C18H23FN4O3S. The van der Waals surface area contributed by atoms with Crippen LogP contribution >= 0.6 is 11.8 Å². The van der Waals surface area contributed by atoms with Gasteiger partial charge in [0.15, 0.2) is 11.0 Å². The summed E-state index contributed by atoms with van der Waals surface area (Å²) in [6.45, 7) is 3.81. The lowest BCUT2D eigenvalue weighted by molar-refractivity contribution is -0.146. The van der Waals surface area contributed by atoms with Gasteiger partial charge in [0.1, 0.15) is 11.9 Å². The Labute approximate surface area is 161 Å². The average Bonchev–Trinajstić information content (AvgIpc) is 3.04. The van der Waals surface area contributed by atoms with E-state index in [1.54, 1.807) is 29.8 Å². The molecule has 7 nitrogen and oxygen atoms in total. The van der Waals surface area contributed by atoms with Gasteiger partial charge in [-0.1, -0.05) is 44.2 Å². The van der Waals surface area contributed by atoms with Gasteiger partial charge in [-0.25, -0.2) is 9.18 Å². The fraction of sp³-hybridized carbons (Fsp3) is 0.444. The Hall–Kier alpha value is -2.42. The van der Waals surface area contributed by atoms with Crippen LogP contribution in [0.4, 0.5) is 4.39 Å². The van der Waals surface area contributed by atoms with E-state index in [0.29, 0.717) is 16.5 Å². The summed E-state index contributed by atoms with van der Waals surface area (Å²) in [5.41, 5.74) is 0.339. The highest BCUT2D eigenvalue weighted by Crippen LogP contribution is 2.24. The van der Waals surface area contributed by atoms with E-state index in [0.717, 1.165) is 18.2 Å². The lowest BCUT2D eigenvalue weighted by Crippen LogP contribution is -2.46. The maximum Gasteiger partial charge on any atom is 0.328 e. The normalized spacial score (nSPS) is 13.1. The number of ether oxygens (including phenoxy) is 1. The number of carbonyl (C=O) groups is 2. The highest BCUT2D eigenvalue weighted by molar-refractivity contribution is 7.99. The molecule has 1 N–H and O–H groups in total. The molecule has 0 aliphatic heterocycles. The summed E-state index contributed by atoms with van der Waals surface area (Å²) >= 11 is 1.16. The van der Waals surface area contributed by atoms with E-state index in [9.17, 15) is 14.0 Å². The van der Waals surface area contributed by atoms with Gasteiger partial charge >= 0.3 is 5.97 Å². The van der Waals surface area contributed by atoms with Crippen molar-refractivity contribution >= 4 is 23.6 Å². The molecule has 9 heteroatoms.